The fourth-order valence-electron chi connectivity index (χ4n) is 0. The van der Waals surface area contributed by atoms with Crippen LogP contribution < -0.4 is 18.9 Å². The summed E-state index contributed by atoms with van der Waals surface area (Å²) in [7, 11) is -1.11. The molecule has 0 fully saturated rings. The van der Waals surface area contributed by atoms with Crippen molar-refractivity contribution in [2.24, 2.45) is 0 Å². The molecule has 0 rings (SSSR count). The summed E-state index contributed by atoms with van der Waals surface area (Å²) in [5.74, 6) is 0. The molecule has 0 aromatic heterocycles. The second-order valence-electron chi connectivity index (χ2n) is 4.13. The van der Waals surface area contributed by atoms with Gasteiger partial charge in [-0.05, 0) is 0 Å². The summed E-state index contributed by atoms with van der Waals surface area (Å²) in [5, 5.41) is 0.465. The van der Waals surface area contributed by atoms with Crippen molar-refractivity contribution < 1.29 is 18.9 Å². The Labute approximate surface area is 72.6 Å². The molecule has 0 aliphatic rings. The molecule has 0 aromatic carbocycles. The normalized spacial score (nSPS) is 12.7. The quantitative estimate of drug-likeness (QED) is 0.321. The molecular formula is C7H17LiSi. The topological polar surface area (TPSA) is 0 Å². The molecule has 2 heteroatoms. The van der Waals surface area contributed by atoms with Gasteiger partial charge < -0.3 is 6.55 Å². The van der Waals surface area contributed by atoms with Crippen molar-refractivity contribution in [3.63, 3.8) is 0 Å². The molecule has 0 N–H and O–H groups in total. The van der Waals surface area contributed by atoms with Crippen LogP contribution in [0.3, 0.4) is 0 Å². The third-order valence-corrected chi connectivity index (χ3v) is 6.09. The first-order chi connectivity index (χ1) is 3.25. The summed E-state index contributed by atoms with van der Waals surface area (Å²) in [6.45, 7) is 15.6. The van der Waals surface area contributed by atoms with Crippen LogP contribution in [-0.2, 0) is 0 Å². The molecule has 0 aliphatic carbocycles. The number of hydrogen-bond acceptors (Lipinski definition) is 0. The van der Waals surface area contributed by atoms with E-state index < -0.39 is 8.07 Å². The monoisotopic (exact) mass is 136 g/mol. The fourth-order valence-corrected chi connectivity index (χ4v) is 0. The van der Waals surface area contributed by atoms with E-state index in [0.717, 1.165) is 0 Å². The van der Waals surface area contributed by atoms with E-state index in [-0.39, 0.29) is 18.9 Å². The molecule has 0 atom stereocenters. The minimum Gasteiger partial charge on any atom is -0.342 e. The Kier molecular flexibility index (Phi) is 4.55. The van der Waals surface area contributed by atoms with E-state index in [1.165, 1.54) is 0 Å². The van der Waals surface area contributed by atoms with Gasteiger partial charge in [-0.15, -0.1) is 0 Å². The van der Waals surface area contributed by atoms with E-state index in [1.54, 1.807) is 0 Å². The zero-order chi connectivity index (χ0) is 7.00. The standard InChI is InChI=1S/C7H17Si.Li/c1-7(2,3)8(4,5)6;/h4H2,1-3,5-6H3;/q-1;+1. The van der Waals surface area contributed by atoms with Crippen molar-refractivity contribution in [3.05, 3.63) is 6.55 Å². The van der Waals surface area contributed by atoms with Gasteiger partial charge >= 0.3 is 18.9 Å². The molecule has 0 spiro atoms. The van der Waals surface area contributed by atoms with Crippen molar-refractivity contribution in [2.75, 3.05) is 0 Å². The number of hydrogen-bond donors (Lipinski definition) is 0. The molecule has 0 aliphatic heterocycles. The van der Waals surface area contributed by atoms with E-state index >= 15 is 0 Å². The van der Waals surface area contributed by atoms with Crippen LogP contribution in [0.15, 0.2) is 0 Å². The minimum atomic E-state index is -1.11. The molecule has 0 heterocycles. The zero-order valence-electron chi connectivity index (χ0n) is 7.71. The maximum atomic E-state index is 4.18. The summed E-state index contributed by atoms with van der Waals surface area (Å²) < 4.78 is 0. The largest absolute Gasteiger partial charge is 1.00 e. The Balaban J connectivity index is 0. The maximum Gasteiger partial charge on any atom is 1.00 e. The average molecular weight is 136 g/mol. The second-order valence-corrected chi connectivity index (χ2v) is 9.40. The van der Waals surface area contributed by atoms with Crippen LogP contribution in [-0.4, -0.2) is 8.07 Å². The van der Waals surface area contributed by atoms with E-state index in [2.05, 4.69) is 40.4 Å². The SMILES string of the molecule is [CH2-][Si](C)(C)C(C)(C)C.[Li+]. The molecule has 0 saturated carbocycles. The third-order valence-electron chi connectivity index (χ3n) is 2.03. The molecule has 0 radical (unpaired) electrons. The fraction of sp³-hybridized carbons (Fsp3) is 0.857. The molecule has 0 saturated heterocycles. The summed E-state index contributed by atoms with van der Waals surface area (Å²) in [5.41, 5.74) is 0. The predicted molar refractivity (Wildman–Crippen MR) is 42.6 cm³/mol. The zero-order valence-corrected chi connectivity index (χ0v) is 8.71. The smallest absolute Gasteiger partial charge is 0.342 e. The molecule has 0 aromatic rings. The molecule has 0 bridgehead atoms. The van der Waals surface area contributed by atoms with Gasteiger partial charge in [-0.3, -0.25) is 0 Å². The van der Waals surface area contributed by atoms with Crippen LogP contribution in [0.2, 0.25) is 18.1 Å². The average Bonchev–Trinajstić information content (AvgIpc) is 1.25. The Morgan fingerprint density at radius 2 is 1.22 bits per heavy atom. The van der Waals surface area contributed by atoms with Crippen molar-refractivity contribution in [1.82, 2.24) is 0 Å². The van der Waals surface area contributed by atoms with Crippen LogP contribution in [0.25, 0.3) is 0 Å². The van der Waals surface area contributed by atoms with E-state index in [9.17, 15) is 0 Å². The van der Waals surface area contributed by atoms with Gasteiger partial charge in [0.05, 0.1) is 0 Å². The maximum absolute atomic E-state index is 4.18. The van der Waals surface area contributed by atoms with Gasteiger partial charge in [0.25, 0.3) is 0 Å². The summed E-state index contributed by atoms with van der Waals surface area (Å²) in [6.07, 6.45) is 0. The van der Waals surface area contributed by atoms with Crippen LogP contribution in [0.4, 0.5) is 0 Å². The summed E-state index contributed by atoms with van der Waals surface area (Å²) >= 11 is 0. The molecule has 9 heavy (non-hydrogen) atoms. The Bertz CT molecular complexity index is 63.9. The predicted octanol–water partition coefficient (Wildman–Crippen LogP) is -0.128. The van der Waals surface area contributed by atoms with Crippen molar-refractivity contribution >= 4 is 8.07 Å². The molecule has 50 valence electrons. The minimum absolute atomic E-state index is 0. The summed E-state index contributed by atoms with van der Waals surface area (Å²) in [6, 6.07) is 0. The summed E-state index contributed by atoms with van der Waals surface area (Å²) in [4.78, 5) is 0. The van der Waals surface area contributed by atoms with Gasteiger partial charge in [0.1, 0.15) is 0 Å². The first kappa shape index (κ1) is 12.5. The molecule has 0 amide bonds. The Morgan fingerprint density at radius 1 is 1.11 bits per heavy atom. The van der Waals surface area contributed by atoms with Gasteiger partial charge in [0.2, 0.25) is 0 Å². The third kappa shape index (κ3) is 4.25. The van der Waals surface area contributed by atoms with Crippen molar-refractivity contribution in [2.45, 2.75) is 38.9 Å². The van der Waals surface area contributed by atoms with E-state index in [1.807, 2.05) is 0 Å². The molecular weight excluding hydrogens is 119 g/mol. The second kappa shape index (κ2) is 3.28. The van der Waals surface area contributed by atoms with Crippen molar-refractivity contribution in [1.29, 1.82) is 0 Å². The van der Waals surface area contributed by atoms with Crippen LogP contribution in [0.5, 0.6) is 0 Å². The van der Waals surface area contributed by atoms with Gasteiger partial charge in [-0.1, -0.05) is 47.0 Å². The Hall–Kier alpha value is 0.814. The van der Waals surface area contributed by atoms with Gasteiger partial charge in [0, 0.05) is 0 Å². The van der Waals surface area contributed by atoms with Crippen molar-refractivity contribution in [3.8, 4) is 0 Å². The molecule has 0 unspecified atom stereocenters. The van der Waals surface area contributed by atoms with Crippen LogP contribution in [0, 0.1) is 6.55 Å². The Morgan fingerprint density at radius 3 is 1.22 bits per heavy atom. The molecule has 0 nitrogen and oxygen atoms in total. The first-order valence-corrected chi connectivity index (χ1v) is 6.31. The van der Waals surface area contributed by atoms with Gasteiger partial charge in [-0.2, -0.15) is 0 Å². The van der Waals surface area contributed by atoms with Crippen LogP contribution in [0.1, 0.15) is 20.8 Å². The first-order valence-electron chi connectivity index (χ1n) is 3.10. The van der Waals surface area contributed by atoms with E-state index in [4.69, 9.17) is 0 Å². The van der Waals surface area contributed by atoms with Crippen LogP contribution >= 0.6 is 0 Å². The number of rotatable bonds is 0. The van der Waals surface area contributed by atoms with E-state index in [0.29, 0.717) is 5.04 Å². The van der Waals surface area contributed by atoms with Gasteiger partial charge in [0.15, 0.2) is 0 Å². The van der Waals surface area contributed by atoms with Gasteiger partial charge in [-0.25, -0.2) is 0 Å².